The van der Waals surface area contributed by atoms with Crippen molar-refractivity contribution in [3.05, 3.63) is 54.2 Å². The van der Waals surface area contributed by atoms with Crippen molar-refractivity contribution in [2.24, 2.45) is 5.73 Å². The Morgan fingerprint density at radius 1 is 0.974 bits per heavy atom. The highest BCUT2D eigenvalue weighted by atomic mass is 19.1. The average molecular weight is 531 g/mol. The van der Waals surface area contributed by atoms with Crippen LogP contribution in [0, 0.1) is 11.3 Å². The van der Waals surface area contributed by atoms with Crippen molar-refractivity contribution < 1.29 is 9.13 Å². The van der Waals surface area contributed by atoms with Crippen LogP contribution in [0.1, 0.15) is 12.5 Å². The predicted molar refractivity (Wildman–Crippen MR) is 151 cm³/mol. The Morgan fingerprint density at radius 3 is 2.51 bits per heavy atom. The third-order valence-electron chi connectivity index (χ3n) is 8.03. The highest BCUT2D eigenvalue weighted by Crippen LogP contribution is 2.30. The standard InChI is InChI=1S/C29H35FN8O/c1-20-15-37(26-8-7-21(14-31)29-23(26)4-3-9-33-29)17-22(39-20)16-35-10-12-36(13-11-35)27-5-2-6-28(34-27)38-18-24(30)25(32)19-38/h2-9,20,22,24-25H,10-13,15-19,32H2,1H3/t20-,22+,24?,25?/m1/s1. The maximum Gasteiger partial charge on any atom is 0.134 e. The number of anilines is 3. The minimum atomic E-state index is -1.01. The predicted octanol–water partition coefficient (Wildman–Crippen LogP) is 2.40. The van der Waals surface area contributed by atoms with Gasteiger partial charge in [-0.3, -0.25) is 9.88 Å². The van der Waals surface area contributed by atoms with Gasteiger partial charge in [-0.25, -0.2) is 9.37 Å². The molecule has 2 aromatic heterocycles. The van der Waals surface area contributed by atoms with Gasteiger partial charge < -0.3 is 25.2 Å². The number of hydrogen-bond acceptors (Lipinski definition) is 9. The number of nitriles is 1. The van der Waals surface area contributed by atoms with Crippen molar-refractivity contribution in [3.63, 3.8) is 0 Å². The molecule has 3 aliphatic rings. The molecule has 0 amide bonds. The second-order valence-corrected chi connectivity index (χ2v) is 10.8. The Morgan fingerprint density at radius 2 is 1.77 bits per heavy atom. The number of halogens is 1. The van der Waals surface area contributed by atoms with Crippen molar-refractivity contribution in [2.75, 3.05) is 73.6 Å². The molecule has 3 aliphatic heterocycles. The zero-order valence-corrected chi connectivity index (χ0v) is 22.3. The molecule has 10 heteroatoms. The summed E-state index contributed by atoms with van der Waals surface area (Å²) in [6.07, 6.45) is 0.913. The first-order chi connectivity index (χ1) is 19.0. The van der Waals surface area contributed by atoms with Gasteiger partial charge in [-0.2, -0.15) is 5.26 Å². The molecule has 0 aliphatic carbocycles. The minimum absolute atomic E-state index is 0.0807. The maximum absolute atomic E-state index is 14.0. The summed E-state index contributed by atoms with van der Waals surface area (Å²) in [5, 5.41) is 10.5. The number of pyridine rings is 2. The Bertz CT molecular complexity index is 1350. The maximum atomic E-state index is 14.0. The van der Waals surface area contributed by atoms with Gasteiger partial charge in [-0.15, -0.1) is 0 Å². The fourth-order valence-corrected chi connectivity index (χ4v) is 6.05. The summed E-state index contributed by atoms with van der Waals surface area (Å²) in [6.45, 7) is 8.96. The molecule has 1 aromatic carbocycles. The Balaban J connectivity index is 1.08. The SMILES string of the molecule is C[C@@H]1CN(c2ccc(C#N)c3ncccc23)C[C@H](CN2CCN(c3cccc(N4CC(N)C(F)C4)n3)CC2)O1. The number of alkyl halides is 1. The highest BCUT2D eigenvalue weighted by Gasteiger charge is 2.32. The number of ether oxygens (including phenoxy) is 1. The number of benzene rings is 1. The fraction of sp³-hybridized carbons (Fsp3) is 0.483. The van der Waals surface area contributed by atoms with Crippen LogP contribution < -0.4 is 20.4 Å². The van der Waals surface area contributed by atoms with E-state index in [-0.39, 0.29) is 12.2 Å². The zero-order chi connectivity index (χ0) is 26.9. The van der Waals surface area contributed by atoms with Crippen molar-refractivity contribution in [1.82, 2.24) is 14.9 Å². The summed E-state index contributed by atoms with van der Waals surface area (Å²) in [5.74, 6) is 1.72. The number of hydrogen-bond donors (Lipinski definition) is 1. The first-order valence-corrected chi connectivity index (χ1v) is 13.8. The molecule has 0 spiro atoms. The Hall–Kier alpha value is -3.52. The van der Waals surface area contributed by atoms with Crippen molar-refractivity contribution in [2.45, 2.75) is 31.3 Å². The molecule has 3 fully saturated rings. The fourth-order valence-electron chi connectivity index (χ4n) is 6.05. The minimum Gasteiger partial charge on any atom is -0.370 e. The van der Waals surface area contributed by atoms with Crippen LogP contribution in [0.4, 0.5) is 21.7 Å². The van der Waals surface area contributed by atoms with Gasteiger partial charge in [0.05, 0.1) is 35.9 Å². The summed E-state index contributed by atoms with van der Waals surface area (Å²) < 4.78 is 20.3. The number of piperazine rings is 1. The van der Waals surface area contributed by atoms with E-state index in [2.05, 4.69) is 32.7 Å². The molecule has 3 saturated heterocycles. The van der Waals surface area contributed by atoms with Crippen LogP contribution in [0.15, 0.2) is 48.7 Å². The third kappa shape index (κ3) is 5.35. The van der Waals surface area contributed by atoms with Crippen LogP contribution >= 0.6 is 0 Å². The molecule has 3 aromatic rings. The van der Waals surface area contributed by atoms with E-state index in [9.17, 15) is 9.65 Å². The molecule has 0 saturated carbocycles. The van der Waals surface area contributed by atoms with Crippen LogP contribution in [0.3, 0.4) is 0 Å². The van der Waals surface area contributed by atoms with Gasteiger partial charge >= 0.3 is 0 Å². The van der Waals surface area contributed by atoms with Crippen LogP contribution in [-0.2, 0) is 4.74 Å². The van der Waals surface area contributed by atoms with E-state index in [0.29, 0.717) is 18.7 Å². The molecule has 204 valence electrons. The molecule has 5 heterocycles. The lowest BCUT2D eigenvalue weighted by Gasteiger charge is -2.42. The van der Waals surface area contributed by atoms with Crippen LogP contribution in [0.2, 0.25) is 0 Å². The number of nitrogens with zero attached hydrogens (tertiary/aromatic N) is 7. The molecule has 6 rings (SSSR count). The van der Waals surface area contributed by atoms with Gasteiger partial charge in [-0.05, 0) is 43.3 Å². The first kappa shape index (κ1) is 25.7. The lowest BCUT2D eigenvalue weighted by atomic mass is 10.1. The van der Waals surface area contributed by atoms with Crippen LogP contribution in [0.5, 0.6) is 0 Å². The Kier molecular flexibility index (Phi) is 7.21. The van der Waals surface area contributed by atoms with Crippen LogP contribution in [-0.4, -0.2) is 98.2 Å². The topological polar surface area (TPSA) is 97.8 Å². The van der Waals surface area contributed by atoms with Crippen molar-refractivity contribution >= 4 is 28.2 Å². The number of morpholine rings is 1. The monoisotopic (exact) mass is 530 g/mol. The van der Waals surface area contributed by atoms with E-state index in [1.54, 1.807) is 6.20 Å². The van der Waals surface area contributed by atoms with Gasteiger partial charge in [0.1, 0.15) is 23.9 Å². The van der Waals surface area contributed by atoms with Crippen LogP contribution in [0.25, 0.3) is 10.9 Å². The van der Waals surface area contributed by atoms with E-state index in [4.69, 9.17) is 15.5 Å². The number of fused-ring (bicyclic) bond motifs is 1. The molecule has 0 bridgehead atoms. The van der Waals surface area contributed by atoms with Gasteiger partial charge in [-0.1, -0.05) is 6.07 Å². The smallest absolute Gasteiger partial charge is 0.134 e. The lowest BCUT2D eigenvalue weighted by Crippen LogP contribution is -2.54. The van der Waals surface area contributed by atoms with E-state index >= 15 is 0 Å². The molecule has 4 atom stereocenters. The largest absolute Gasteiger partial charge is 0.370 e. The van der Waals surface area contributed by atoms with Crippen molar-refractivity contribution in [1.29, 1.82) is 5.26 Å². The molecular weight excluding hydrogens is 495 g/mol. The van der Waals surface area contributed by atoms with E-state index in [1.165, 1.54) is 0 Å². The highest BCUT2D eigenvalue weighted by molar-refractivity contribution is 5.95. The summed E-state index contributed by atoms with van der Waals surface area (Å²) in [6, 6.07) is 15.7. The summed E-state index contributed by atoms with van der Waals surface area (Å²) in [7, 11) is 0. The zero-order valence-electron chi connectivity index (χ0n) is 22.3. The van der Waals surface area contributed by atoms with E-state index < -0.39 is 12.2 Å². The van der Waals surface area contributed by atoms with Crippen molar-refractivity contribution in [3.8, 4) is 6.07 Å². The lowest BCUT2D eigenvalue weighted by molar-refractivity contribution is -0.0327. The quantitative estimate of drug-likeness (QED) is 0.533. The number of nitrogens with two attached hydrogens (primary N) is 1. The van der Waals surface area contributed by atoms with Gasteiger partial charge in [0.2, 0.25) is 0 Å². The molecule has 2 unspecified atom stereocenters. The number of aromatic nitrogens is 2. The van der Waals surface area contributed by atoms with Gasteiger partial charge in [0, 0.05) is 69.6 Å². The first-order valence-electron chi connectivity index (χ1n) is 13.8. The van der Waals surface area contributed by atoms with Gasteiger partial charge in [0.15, 0.2) is 0 Å². The normalized spacial score (nSPS) is 26.3. The third-order valence-corrected chi connectivity index (χ3v) is 8.03. The summed E-state index contributed by atoms with van der Waals surface area (Å²) >= 11 is 0. The van der Waals surface area contributed by atoms with E-state index in [1.807, 2.05) is 47.4 Å². The molecule has 0 radical (unpaired) electrons. The Labute approximate surface area is 228 Å². The van der Waals surface area contributed by atoms with E-state index in [0.717, 1.165) is 74.0 Å². The molecule has 39 heavy (non-hydrogen) atoms. The molecule has 9 nitrogen and oxygen atoms in total. The summed E-state index contributed by atoms with van der Waals surface area (Å²) in [4.78, 5) is 18.4. The number of rotatable bonds is 5. The second kappa shape index (κ2) is 10.9. The molecular formula is C29H35FN8O. The van der Waals surface area contributed by atoms with Gasteiger partial charge in [0.25, 0.3) is 0 Å². The average Bonchev–Trinajstić information content (AvgIpc) is 3.30. The second-order valence-electron chi connectivity index (χ2n) is 10.8. The summed E-state index contributed by atoms with van der Waals surface area (Å²) in [5.41, 5.74) is 8.33. The molecule has 2 N–H and O–H groups in total.